The third-order valence-corrected chi connectivity index (χ3v) is 6.05. The molecule has 0 atom stereocenters. The van der Waals surface area contributed by atoms with Gasteiger partial charge in [-0.05, 0) is 88.4 Å². The zero-order valence-corrected chi connectivity index (χ0v) is 18.5. The van der Waals surface area contributed by atoms with Gasteiger partial charge in [-0.1, -0.05) is 0 Å². The maximum Gasteiger partial charge on any atom is 0.127 e. The zero-order chi connectivity index (χ0) is 19.9. The fraction of sp³-hybridized carbons (Fsp3) is 0.250. The van der Waals surface area contributed by atoms with E-state index in [9.17, 15) is 0 Å². The topological polar surface area (TPSA) is 18.5 Å². The van der Waals surface area contributed by atoms with Crippen molar-refractivity contribution in [2.45, 2.75) is 27.7 Å². The SMILES string of the molecule is CCOc1cc(/C=C\c2ccc(C)s2)c(OCC)cc1/C=C\c1ccc(C)s1. The molecule has 1 aromatic carbocycles. The van der Waals surface area contributed by atoms with Crippen LogP contribution in [0.3, 0.4) is 0 Å². The second-order valence-electron chi connectivity index (χ2n) is 6.36. The molecule has 0 radical (unpaired) electrons. The molecule has 2 aromatic heterocycles. The van der Waals surface area contributed by atoms with Gasteiger partial charge in [0.1, 0.15) is 11.5 Å². The van der Waals surface area contributed by atoms with Crippen molar-refractivity contribution in [3.05, 3.63) is 67.0 Å². The predicted molar refractivity (Wildman–Crippen MR) is 125 cm³/mol. The Morgan fingerprint density at radius 2 is 1.11 bits per heavy atom. The fourth-order valence-electron chi connectivity index (χ4n) is 2.84. The molecule has 0 spiro atoms. The zero-order valence-electron chi connectivity index (χ0n) is 16.8. The quantitative estimate of drug-likeness (QED) is 0.381. The van der Waals surface area contributed by atoms with Crippen molar-refractivity contribution in [3.8, 4) is 11.5 Å². The Balaban J connectivity index is 1.96. The number of benzene rings is 1. The van der Waals surface area contributed by atoms with Gasteiger partial charge in [0, 0.05) is 30.6 Å². The van der Waals surface area contributed by atoms with Gasteiger partial charge in [-0.2, -0.15) is 0 Å². The lowest BCUT2D eigenvalue weighted by Gasteiger charge is -2.13. The van der Waals surface area contributed by atoms with E-state index in [-0.39, 0.29) is 0 Å². The Labute approximate surface area is 175 Å². The maximum atomic E-state index is 5.93. The third-order valence-electron chi connectivity index (χ3n) is 4.12. The molecule has 0 bridgehead atoms. The van der Waals surface area contributed by atoms with Crippen molar-refractivity contribution >= 4 is 47.0 Å². The van der Waals surface area contributed by atoms with E-state index in [0.29, 0.717) is 13.2 Å². The first-order chi connectivity index (χ1) is 13.6. The molecule has 0 aliphatic rings. The van der Waals surface area contributed by atoms with Gasteiger partial charge in [-0.15, -0.1) is 22.7 Å². The highest BCUT2D eigenvalue weighted by molar-refractivity contribution is 7.13. The van der Waals surface area contributed by atoms with E-state index in [1.807, 2.05) is 13.8 Å². The molecule has 28 heavy (non-hydrogen) atoms. The molecule has 0 unspecified atom stereocenters. The minimum absolute atomic E-state index is 0.625. The first kappa shape index (κ1) is 20.4. The van der Waals surface area contributed by atoms with Crippen LogP contribution < -0.4 is 9.47 Å². The number of ether oxygens (including phenoxy) is 2. The summed E-state index contributed by atoms with van der Waals surface area (Å²) in [6.45, 7) is 9.52. The molecular formula is C24H26O2S2. The van der Waals surface area contributed by atoms with Crippen molar-refractivity contribution in [1.29, 1.82) is 0 Å². The van der Waals surface area contributed by atoms with E-state index in [1.54, 1.807) is 22.7 Å². The molecular weight excluding hydrogens is 384 g/mol. The summed E-state index contributed by atoms with van der Waals surface area (Å²) in [4.78, 5) is 5.08. The Morgan fingerprint density at radius 3 is 1.43 bits per heavy atom. The molecule has 0 amide bonds. The molecule has 2 nitrogen and oxygen atoms in total. The minimum atomic E-state index is 0.625. The first-order valence-corrected chi connectivity index (χ1v) is 11.1. The Bertz CT molecular complexity index is 896. The Kier molecular flexibility index (Phi) is 7.12. The summed E-state index contributed by atoms with van der Waals surface area (Å²) in [5.74, 6) is 1.75. The molecule has 4 heteroatoms. The van der Waals surface area contributed by atoms with Crippen molar-refractivity contribution in [1.82, 2.24) is 0 Å². The molecule has 0 aliphatic heterocycles. The van der Waals surface area contributed by atoms with E-state index in [4.69, 9.17) is 9.47 Å². The average Bonchev–Trinajstić information content (AvgIpc) is 3.28. The highest BCUT2D eigenvalue weighted by Crippen LogP contribution is 2.33. The molecule has 146 valence electrons. The lowest BCUT2D eigenvalue weighted by Crippen LogP contribution is -1.99. The molecule has 0 N–H and O–H groups in total. The van der Waals surface area contributed by atoms with Gasteiger partial charge in [-0.25, -0.2) is 0 Å². The Hall–Kier alpha value is -2.30. The number of aryl methyl sites for hydroxylation is 2. The molecule has 0 saturated carbocycles. The van der Waals surface area contributed by atoms with Crippen LogP contribution in [0.15, 0.2) is 36.4 Å². The largest absolute Gasteiger partial charge is 0.493 e. The second-order valence-corrected chi connectivity index (χ2v) is 9.00. The Morgan fingerprint density at radius 1 is 0.679 bits per heavy atom. The number of hydrogen-bond acceptors (Lipinski definition) is 4. The van der Waals surface area contributed by atoms with Crippen molar-refractivity contribution in [2.75, 3.05) is 13.2 Å². The van der Waals surface area contributed by atoms with Crippen LogP contribution in [0, 0.1) is 13.8 Å². The van der Waals surface area contributed by atoms with E-state index in [1.165, 1.54) is 19.5 Å². The summed E-state index contributed by atoms with van der Waals surface area (Å²) in [6, 6.07) is 12.7. The second kappa shape index (κ2) is 9.76. The van der Waals surface area contributed by atoms with E-state index >= 15 is 0 Å². The van der Waals surface area contributed by atoms with Crippen LogP contribution in [0.1, 0.15) is 44.5 Å². The van der Waals surface area contributed by atoms with Crippen molar-refractivity contribution in [2.24, 2.45) is 0 Å². The number of hydrogen-bond donors (Lipinski definition) is 0. The highest BCUT2D eigenvalue weighted by Gasteiger charge is 2.09. The maximum absolute atomic E-state index is 5.93. The van der Waals surface area contributed by atoms with Crippen molar-refractivity contribution < 1.29 is 9.47 Å². The minimum Gasteiger partial charge on any atom is -0.493 e. The fourth-order valence-corrected chi connectivity index (χ4v) is 4.40. The normalized spacial score (nSPS) is 11.6. The molecule has 2 heterocycles. The molecule has 0 aliphatic carbocycles. The highest BCUT2D eigenvalue weighted by atomic mass is 32.1. The van der Waals surface area contributed by atoms with E-state index in [0.717, 1.165) is 22.6 Å². The van der Waals surface area contributed by atoms with Crippen LogP contribution in [0.25, 0.3) is 24.3 Å². The van der Waals surface area contributed by atoms with Crippen molar-refractivity contribution in [3.63, 3.8) is 0 Å². The van der Waals surface area contributed by atoms with Gasteiger partial charge in [0.2, 0.25) is 0 Å². The summed E-state index contributed by atoms with van der Waals surface area (Å²) in [7, 11) is 0. The third kappa shape index (κ3) is 5.37. The van der Waals surface area contributed by atoms with Crippen LogP contribution >= 0.6 is 22.7 Å². The van der Waals surface area contributed by atoms with Crippen LogP contribution in [0.4, 0.5) is 0 Å². The lowest BCUT2D eigenvalue weighted by atomic mass is 10.1. The summed E-state index contributed by atoms with van der Waals surface area (Å²) in [5, 5.41) is 0. The van der Waals surface area contributed by atoms with Gasteiger partial charge in [0.25, 0.3) is 0 Å². The molecule has 0 saturated heterocycles. The molecule has 3 rings (SSSR count). The standard InChI is InChI=1S/C24H26O2S2/c1-5-25-23-15-20(10-14-22-12-8-18(4)28-22)24(26-6-2)16-19(23)9-13-21-11-7-17(3)27-21/h7-16H,5-6H2,1-4H3/b13-9-,14-10-. The number of rotatable bonds is 8. The van der Waals surface area contributed by atoms with Crippen LogP contribution in [0.2, 0.25) is 0 Å². The van der Waals surface area contributed by atoms with Crippen LogP contribution in [0.5, 0.6) is 11.5 Å². The van der Waals surface area contributed by atoms with Crippen LogP contribution in [-0.4, -0.2) is 13.2 Å². The van der Waals surface area contributed by atoms with Gasteiger partial charge in [0.15, 0.2) is 0 Å². The molecule has 3 aromatic rings. The predicted octanol–water partition coefficient (Wildman–Crippen LogP) is 7.56. The van der Waals surface area contributed by atoms with Gasteiger partial charge in [0.05, 0.1) is 13.2 Å². The van der Waals surface area contributed by atoms with Crippen LogP contribution in [-0.2, 0) is 0 Å². The number of thiophene rings is 2. The summed E-state index contributed by atoms with van der Waals surface area (Å²) in [6.07, 6.45) is 8.48. The summed E-state index contributed by atoms with van der Waals surface area (Å²) >= 11 is 3.57. The first-order valence-electron chi connectivity index (χ1n) is 9.51. The monoisotopic (exact) mass is 410 g/mol. The van der Waals surface area contributed by atoms with Gasteiger partial charge >= 0.3 is 0 Å². The molecule has 0 fully saturated rings. The average molecular weight is 411 g/mol. The smallest absolute Gasteiger partial charge is 0.127 e. The van der Waals surface area contributed by atoms with Gasteiger partial charge < -0.3 is 9.47 Å². The summed E-state index contributed by atoms with van der Waals surface area (Å²) in [5.41, 5.74) is 2.06. The lowest BCUT2D eigenvalue weighted by molar-refractivity contribution is 0.329. The van der Waals surface area contributed by atoms with E-state index < -0.39 is 0 Å². The summed E-state index contributed by atoms with van der Waals surface area (Å²) < 4.78 is 11.9. The van der Waals surface area contributed by atoms with E-state index in [2.05, 4.69) is 74.5 Å². The van der Waals surface area contributed by atoms with Gasteiger partial charge in [-0.3, -0.25) is 0 Å².